The van der Waals surface area contributed by atoms with Gasteiger partial charge in [-0.3, -0.25) is 14.4 Å². The Morgan fingerprint density at radius 1 is 0.897 bits per heavy atom. The topological polar surface area (TPSA) is 93.1 Å². The van der Waals surface area contributed by atoms with Crippen LogP contribution in [0.3, 0.4) is 0 Å². The number of hydrogen-bond donors (Lipinski definition) is 2. The SMILES string of the molecule is Cc1cccc(NC(=O)CCn2nc(C(=O)Nc3cccc(C)c3)ccc2=O)c1. The molecule has 7 nitrogen and oxygen atoms in total. The smallest absolute Gasteiger partial charge is 0.276 e. The van der Waals surface area contributed by atoms with Crippen molar-refractivity contribution < 1.29 is 9.59 Å². The molecule has 1 aromatic heterocycles. The Morgan fingerprint density at radius 2 is 1.52 bits per heavy atom. The number of aromatic nitrogens is 2. The van der Waals surface area contributed by atoms with Gasteiger partial charge in [0.25, 0.3) is 11.5 Å². The summed E-state index contributed by atoms with van der Waals surface area (Å²) in [6.45, 7) is 3.93. The normalized spacial score (nSPS) is 10.4. The van der Waals surface area contributed by atoms with E-state index in [4.69, 9.17) is 0 Å². The van der Waals surface area contributed by atoms with Gasteiger partial charge in [-0.2, -0.15) is 5.10 Å². The van der Waals surface area contributed by atoms with Gasteiger partial charge in [0.2, 0.25) is 5.91 Å². The maximum Gasteiger partial charge on any atom is 0.276 e. The summed E-state index contributed by atoms with van der Waals surface area (Å²) in [6.07, 6.45) is 0.0593. The molecule has 148 valence electrons. The van der Waals surface area contributed by atoms with Gasteiger partial charge in [0.15, 0.2) is 0 Å². The lowest BCUT2D eigenvalue weighted by molar-refractivity contribution is -0.116. The number of rotatable bonds is 6. The molecule has 0 saturated heterocycles. The van der Waals surface area contributed by atoms with Crippen LogP contribution in [0.2, 0.25) is 0 Å². The molecular weight excluding hydrogens is 368 g/mol. The average molecular weight is 390 g/mol. The number of carbonyl (C=O) groups is 2. The van der Waals surface area contributed by atoms with Gasteiger partial charge in [0.1, 0.15) is 5.69 Å². The molecule has 0 fully saturated rings. The van der Waals surface area contributed by atoms with Gasteiger partial charge in [-0.15, -0.1) is 0 Å². The van der Waals surface area contributed by atoms with Crippen LogP contribution < -0.4 is 16.2 Å². The lowest BCUT2D eigenvalue weighted by Gasteiger charge is -2.09. The van der Waals surface area contributed by atoms with E-state index in [1.807, 2.05) is 50.2 Å². The van der Waals surface area contributed by atoms with Crippen molar-refractivity contribution in [3.63, 3.8) is 0 Å². The van der Waals surface area contributed by atoms with E-state index in [2.05, 4.69) is 15.7 Å². The van der Waals surface area contributed by atoms with Gasteiger partial charge in [0.05, 0.1) is 6.54 Å². The highest BCUT2D eigenvalue weighted by atomic mass is 16.2. The minimum Gasteiger partial charge on any atom is -0.326 e. The predicted octanol–water partition coefficient (Wildman–Crippen LogP) is 3.14. The van der Waals surface area contributed by atoms with E-state index in [-0.39, 0.29) is 30.1 Å². The van der Waals surface area contributed by atoms with E-state index >= 15 is 0 Å². The summed E-state index contributed by atoms with van der Waals surface area (Å²) in [5, 5.41) is 9.63. The van der Waals surface area contributed by atoms with Crippen molar-refractivity contribution in [1.29, 1.82) is 0 Å². The van der Waals surface area contributed by atoms with Crippen molar-refractivity contribution in [2.45, 2.75) is 26.8 Å². The van der Waals surface area contributed by atoms with Crippen LogP contribution in [0.15, 0.2) is 65.5 Å². The number of benzene rings is 2. The lowest BCUT2D eigenvalue weighted by atomic mass is 10.2. The Balaban J connectivity index is 1.65. The number of hydrogen-bond acceptors (Lipinski definition) is 4. The van der Waals surface area contributed by atoms with Gasteiger partial charge >= 0.3 is 0 Å². The first-order valence-corrected chi connectivity index (χ1v) is 9.23. The zero-order valence-corrected chi connectivity index (χ0v) is 16.3. The second-order valence-corrected chi connectivity index (χ2v) is 6.77. The molecule has 0 saturated carbocycles. The first kappa shape index (κ1) is 20.0. The van der Waals surface area contributed by atoms with E-state index in [9.17, 15) is 14.4 Å². The molecule has 0 atom stereocenters. The fraction of sp³-hybridized carbons (Fsp3) is 0.182. The first-order chi connectivity index (χ1) is 13.9. The fourth-order valence-electron chi connectivity index (χ4n) is 2.80. The third-order valence-corrected chi connectivity index (χ3v) is 4.23. The van der Waals surface area contributed by atoms with Gasteiger partial charge in [-0.1, -0.05) is 24.3 Å². The summed E-state index contributed by atoms with van der Waals surface area (Å²) < 4.78 is 1.13. The van der Waals surface area contributed by atoms with E-state index in [1.165, 1.54) is 12.1 Å². The largest absolute Gasteiger partial charge is 0.326 e. The third kappa shape index (κ3) is 5.62. The maximum absolute atomic E-state index is 12.4. The van der Waals surface area contributed by atoms with Crippen molar-refractivity contribution in [2.75, 3.05) is 10.6 Å². The molecule has 3 aromatic rings. The van der Waals surface area contributed by atoms with Gasteiger partial charge in [-0.05, 0) is 55.3 Å². The summed E-state index contributed by atoms with van der Waals surface area (Å²) in [7, 11) is 0. The lowest BCUT2D eigenvalue weighted by Crippen LogP contribution is -2.28. The molecule has 2 amide bonds. The Labute approximate surface area is 168 Å². The molecule has 0 aliphatic rings. The van der Waals surface area contributed by atoms with Crippen LogP contribution in [-0.2, 0) is 11.3 Å². The van der Waals surface area contributed by atoms with Crippen molar-refractivity contribution in [3.8, 4) is 0 Å². The molecule has 0 spiro atoms. The summed E-state index contributed by atoms with van der Waals surface area (Å²) >= 11 is 0. The zero-order valence-electron chi connectivity index (χ0n) is 16.3. The molecule has 0 unspecified atom stereocenters. The molecule has 0 aliphatic carbocycles. The number of anilines is 2. The second-order valence-electron chi connectivity index (χ2n) is 6.77. The summed E-state index contributed by atoms with van der Waals surface area (Å²) in [6, 6.07) is 17.5. The predicted molar refractivity (Wildman–Crippen MR) is 112 cm³/mol. The Morgan fingerprint density at radius 3 is 2.14 bits per heavy atom. The summed E-state index contributed by atoms with van der Waals surface area (Å²) in [5.41, 5.74) is 3.12. The molecular formula is C22H22N4O3. The Hall–Kier alpha value is -3.74. The van der Waals surface area contributed by atoms with E-state index < -0.39 is 5.91 Å². The molecule has 0 radical (unpaired) electrons. The van der Waals surface area contributed by atoms with Crippen LogP contribution in [0, 0.1) is 13.8 Å². The second kappa shape index (κ2) is 8.97. The van der Waals surface area contributed by atoms with Gasteiger partial charge in [-0.25, -0.2) is 4.68 Å². The van der Waals surface area contributed by atoms with E-state index in [0.717, 1.165) is 15.8 Å². The van der Waals surface area contributed by atoms with E-state index in [0.29, 0.717) is 11.4 Å². The van der Waals surface area contributed by atoms with Crippen molar-refractivity contribution >= 4 is 23.2 Å². The number of carbonyl (C=O) groups excluding carboxylic acids is 2. The quantitative estimate of drug-likeness (QED) is 0.676. The fourth-order valence-corrected chi connectivity index (χ4v) is 2.80. The minimum absolute atomic E-state index is 0.0593. The zero-order chi connectivity index (χ0) is 20.8. The number of nitrogens with zero attached hydrogens (tertiary/aromatic N) is 2. The van der Waals surface area contributed by atoms with Crippen LogP contribution in [0.25, 0.3) is 0 Å². The molecule has 2 aromatic carbocycles. The molecule has 1 heterocycles. The Bertz CT molecular complexity index is 1100. The van der Waals surface area contributed by atoms with Crippen molar-refractivity contribution in [3.05, 3.63) is 87.8 Å². The Kier molecular flexibility index (Phi) is 6.19. The number of aryl methyl sites for hydroxylation is 3. The molecule has 0 aliphatic heterocycles. The van der Waals surface area contributed by atoms with Crippen molar-refractivity contribution in [2.24, 2.45) is 0 Å². The van der Waals surface area contributed by atoms with Crippen LogP contribution in [0.4, 0.5) is 11.4 Å². The third-order valence-electron chi connectivity index (χ3n) is 4.23. The summed E-state index contributed by atoms with van der Waals surface area (Å²) in [4.78, 5) is 36.6. The average Bonchev–Trinajstić information content (AvgIpc) is 2.67. The maximum atomic E-state index is 12.4. The van der Waals surface area contributed by atoms with Crippen LogP contribution in [-0.4, -0.2) is 21.6 Å². The molecule has 0 bridgehead atoms. The molecule has 7 heteroatoms. The van der Waals surface area contributed by atoms with Gasteiger partial charge < -0.3 is 10.6 Å². The van der Waals surface area contributed by atoms with Crippen LogP contribution >= 0.6 is 0 Å². The highest BCUT2D eigenvalue weighted by Gasteiger charge is 2.11. The number of nitrogens with one attached hydrogen (secondary N) is 2. The highest BCUT2D eigenvalue weighted by molar-refractivity contribution is 6.02. The van der Waals surface area contributed by atoms with Crippen molar-refractivity contribution in [1.82, 2.24) is 9.78 Å². The molecule has 3 rings (SSSR count). The highest BCUT2D eigenvalue weighted by Crippen LogP contribution is 2.11. The first-order valence-electron chi connectivity index (χ1n) is 9.23. The van der Waals surface area contributed by atoms with E-state index in [1.54, 1.807) is 12.1 Å². The summed E-state index contributed by atoms with van der Waals surface area (Å²) in [5.74, 6) is -0.660. The molecule has 2 N–H and O–H groups in total. The molecule has 29 heavy (non-hydrogen) atoms. The van der Waals surface area contributed by atoms with Gasteiger partial charge in [0, 0.05) is 23.9 Å². The number of amides is 2. The monoisotopic (exact) mass is 390 g/mol. The van der Waals surface area contributed by atoms with Crippen LogP contribution in [0.1, 0.15) is 28.0 Å². The standard InChI is InChI=1S/C22H22N4O3/c1-15-5-3-7-17(13-15)23-20(27)11-12-26-21(28)10-9-19(25-26)22(29)24-18-8-4-6-16(2)14-18/h3-10,13-14H,11-12H2,1-2H3,(H,23,27)(H,24,29). The van der Waals surface area contributed by atoms with Crippen LogP contribution in [0.5, 0.6) is 0 Å². The minimum atomic E-state index is -0.423.